The van der Waals surface area contributed by atoms with Crippen LogP contribution in [0.3, 0.4) is 0 Å². The second-order valence-corrected chi connectivity index (χ2v) is 6.69. The summed E-state index contributed by atoms with van der Waals surface area (Å²) >= 11 is 0. The number of hydrogen-bond donors (Lipinski definition) is 3. The standard InChI is InChI=1S/C20H25N5O/c1-14-12-23-18-13-21-9-8-17(18)19(14)15-4-6-16(7-5-15)24-20(26)22-10-11-25(2)3/h4-9,13,23H,10-12H2,1-3H3,(H2,22,24,26). The number of hydrogen-bond acceptors (Lipinski definition) is 4. The predicted octanol–water partition coefficient (Wildman–Crippen LogP) is 3.01. The van der Waals surface area contributed by atoms with Gasteiger partial charge in [-0.3, -0.25) is 4.98 Å². The van der Waals surface area contributed by atoms with E-state index in [0.717, 1.165) is 35.6 Å². The zero-order valence-electron chi connectivity index (χ0n) is 15.5. The third kappa shape index (κ3) is 4.21. The smallest absolute Gasteiger partial charge is 0.319 e. The van der Waals surface area contributed by atoms with Crippen LogP contribution in [0.15, 0.2) is 48.3 Å². The lowest BCUT2D eigenvalue weighted by atomic mass is 9.90. The molecule has 1 aromatic carbocycles. The van der Waals surface area contributed by atoms with Crippen LogP contribution in [0.2, 0.25) is 0 Å². The Hall–Kier alpha value is -2.86. The van der Waals surface area contributed by atoms with Gasteiger partial charge in [0.05, 0.1) is 11.9 Å². The van der Waals surface area contributed by atoms with E-state index in [1.807, 2.05) is 61.7 Å². The maximum absolute atomic E-state index is 11.9. The highest BCUT2D eigenvalue weighted by Crippen LogP contribution is 2.35. The molecule has 0 aliphatic carbocycles. The van der Waals surface area contributed by atoms with Crippen LogP contribution in [0.4, 0.5) is 16.2 Å². The average molecular weight is 351 g/mol. The van der Waals surface area contributed by atoms with Crippen molar-refractivity contribution in [1.82, 2.24) is 15.2 Å². The van der Waals surface area contributed by atoms with Crippen LogP contribution in [0.5, 0.6) is 0 Å². The molecule has 1 aromatic heterocycles. The molecule has 2 aromatic rings. The van der Waals surface area contributed by atoms with Crippen LogP contribution in [0.25, 0.3) is 5.57 Å². The van der Waals surface area contributed by atoms with Gasteiger partial charge in [-0.1, -0.05) is 12.1 Å². The largest absolute Gasteiger partial charge is 0.380 e. The highest BCUT2D eigenvalue weighted by Gasteiger charge is 2.17. The van der Waals surface area contributed by atoms with E-state index in [-0.39, 0.29) is 6.03 Å². The van der Waals surface area contributed by atoms with Crippen LogP contribution in [0, 0.1) is 0 Å². The summed E-state index contributed by atoms with van der Waals surface area (Å²) in [5.74, 6) is 0. The van der Waals surface area contributed by atoms with E-state index in [1.165, 1.54) is 11.1 Å². The van der Waals surface area contributed by atoms with Gasteiger partial charge in [0.15, 0.2) is 0 Å². The van der Waals surface area contributed by atoms with Crippen LogP contribution in [-0.4, -0.2) is 49.6 Å². The monoisotopic (exact) mass is 351 g/mol. The summed E-state index contributed by atoms with van der Waals surface area (Å²) in [6, 6.07) is 9.81. The number of anilines is 2. The number of rotatable bonds is 5. The van der Waals surface area contributed by atoms with Gasteiger partial charge in [0.25, 0.3) is 0 Å². The number of nitrogens with zero attached hydrogens (tertiary/aromatic N) is 2. The van der Waals surface area contributed by atoms with Gasteiger partial charge >= 0.3 is 6.03 Å². The number of carbonyl (C=O) groups excluding carboxylic acids is 1. The summed E-state index contributed by atoms with van der Waals surface area (Å²) in [6.45, 7) is 4.36. The molecule has 2 amide bonds. The Morgan fingerprint density at radius 1 is 1.23 bits per heavy atom. The Bertz CT molecular complexity index is 811. The highest BCUT2D eigenvalue weighted by atomic mass is 16.2. The van der Waals surface area contributed by atoms with Crippen molar-refractivity contribution >= 4 is 23.0 Å². The summed E-state index contributed by atoms with van der Waals surface area (Å²) in [5, 5.41) is 9.10. The minimum Gasteiger partial charge on any atom is -0.380 e. The molecule has 0 bridgehead atoms. The fourth-order valence-electron chi connectivity index (χ4n) is 2.99. The lowest BCUT2D eigenvalue weighted by Gasteiger charge is -2.23. The number of fused-ring (bicyclic) bond motifs is 1. The van der Waals surface area contributed by atoms with E-state index >= 15 is 0 Å². The molecular weight excluding hydrogens is 326 g/mol. The van der Waals surface area contributed by atoms with Crippen molar-refractivity contribution in [3.63, 3.8) is 0 Å². The van der Waals surface area contributed by atoms with Gasteiger partial charge in [-0.05, 0) is 55.9 Å². The molecule has 0 fully saturated rings. The normalized spacial score (nSPS) is 13.2. The van der Waals surface area contributed by atoms with Gasteiger partial charge in [-0.25, -0.2) is 4.79 Å². The lowest BCUT2D eigenvalue weighted by Crippen LogP contribution is -2.34. The molecule has 2 heterocycles. The van der Waals surface area contributed by atoms with Crippen LogP contribution >= 0.6 is 0 Å². The van der Waals surface area contributed by atoms with Crippen molar-refractivity contribution in [1.29, 1.82) is 0 Å². The number of carbonyl (C=O) groups is 1. The third-order valence-corrected chi connectivity index (χ3v) is 4.34. The summed E-state index contributed by atoms with van der Waals surface area (Å²) in [6.07, 6.45) is 3.67. The molecule has 0 radical (unpaired) electrons. The first-order chi connectivity index (χ1) is 12.5. The molecule has 0 saturated heterocycles. The average Bonchev–Trinajstić information content (AvgIpc) is 2.62. The Morgan fingerprint density at radius 2 is 2.00 bits per heavy atom. The van der Waals surface area contributed by atoms with E-state index in [2.05, 4.69) is 27.9 Å². The quantitative estimate of drug-likeness (QED) is 0.774. The molecule has 1 aliphatic rings. The Balaban J connectivity index is 1.71. The zero-order chi connectivity index (χ0) is 18.5. The van der Waals surface area contributed by atoms with E-state index in [0.29, 0.717) is 6.54 Å². The fourth-order valence-corrected chi connectivity index (χ4v) is 2.99. The fraction of sp³-hybridized carbons (Fsp3) is 0.300. The molecule has 1 aliphatic heterocycles. The van der Waals surface area contributed by atoms with Crippen LogP contribution in [0.1, 0.15) is 18.1 Å². The van der Waals surface area contributed by atoms with Crippen LogP contribution in [-0.2, 0) is 0 Å². The second-order valence-electron chi connectivity index (χ2n) is 6.69. The number of benzene rings is 1. The van der Waals surface area contributed by atoms with Crippen molar-refractivity contribution < 1.29 is 4.79 Å². The van der Waals surface area contributed by atoms with Crippen molar-refractivity contribution in [3.8, 4) is 0 Å². The van der Waals surface area contributed by atoms with Crippen molar-refractivity contribution in [3.05, 3.63) is 59.4 Å². The van der Waals surface area contributed by atoms with E-state index in [1.54, 1.807) is 0 Å². The summed E-state index contributed by atoms with van der Waals surface area (Å²) in [7, 11) is 3.95. The number of pyridine rings is 1. The van der Waals surface area contributed by atoms with Crippen LogP contribution < -0.4 is 16.0 Å². The Morgan fingerprint density at radius 3 is 2.73 bits per heavy atom. The molecule has 0 spiro atoms. The zero-order valence-corrected chi connectivity index (χ0v) is 15.5. The van der Waals surface area contributed by atoms with Gasteiger partial charge in [0, 0.05) is 37.1 Å². The number of urea groups is 1. The van der Waals surface area contributed by atoms with Crippen molar-refractivity contribution in [2.24, 2.45) is 0 Å². The molecule has 0 saturated carbocycles. The molecule has 3 N–H and O–H groups in total. The summed E-state index contributed by atoms with van der Waals surface area (Å²) < 4.78 is 0. The summed E-state index contributed by atoms with van der Waals surface area (Å²) in [4.78, 5) is 18.1. The van der Waals surface area contributed by atoms with Gasteiger partial charge in [-0.15, -0.1) is 0 Å². The van der Waals surface area contributed by atoms with E-state index < -0.39 is 0 Å². The third-order valence-electron chi connectivity index (χ3n) is 4.34. The number of amides is 2. The van der Waals surface area contributed by atoms with Crippen molar-refractivity contribution in [2.75, 3.05) is 44.4 Å². The first-order valence-electron chi connectivity index (χ1n) is 8.72. The van der Waals surface area contributed by atoms with Gasteiger partial charge in [0.1, 0.15) is 0 Å². The molecule has 3 rings (SSSR count). The Labute approximate surface area is 154 Å². The maximum Gasteiger partial charge on any atom is 0.319 e. The first kappa shape index (κ1) is 17.9. The number of likely N-dealkylation sites (N-methyl/N-ethyl adjacent to an activating group) is 1. The molecular formula is C20H25N5O. The minimum atomic E-state index is -0.187. The van der Waals surface area contributed by atoms with Gasteiger partial charge < -0.3 is 20.9 Å². The Kier molecular flexibility index (Phi) is 5.53. The lowest BCUT2D eigenvalue weighted by molar-refractivity contribution is 0.250. The van der Waals surface area contributed by atoms with E-state index in [9.17, 15) is 4.79 Å². The van der Waals surface area contributed by atoms with Crippen molar-refractivity contribution in [2.45, 2.75) is 6.92 Å². The molecule has 26 heavy (non-hydrogen) atoms. The molecule has 136 valence electrons. The van der Waals surface area contributed by atoms with Gasteiger partial charge in [-0.2, -0.15) is 0 Å². The summed E-state index contributed by atoms with van der Waals surface area (Å²) in [5.41, 5.74) is 6.63. The molecule has 0 unspecified atom stereocenters. The number of aromatic nitrogens is 1. The highest BCUT2D eigenvalue weighted by molar-refractivity contribution is 5.92. The predicted molar refractivity (Wildman–Crippen MR) is 106 cm³/mol. The minimum absolute atomic E-state index is 0.187. The molecule has 6 nitrogen and oxygen atoms in total. The number of nitrogens with one attached hydrogen (secondary N) is 3. The maximum atomic E-state index is 11.9. The second kappa shape index (κ2) is 8.01. The molecule has 0 atom stereocenters. The van der Waals surface area contributed by atoms with E-state index in [4.69, 9.17) is 0 Å². The SMILES string of the molecule is CC1=C(c2ccc(NC(=O)NCCN(C)C)cc2)c2ccncc2NC1. The molecule has 6 heteroatoms. The van der Waals surface area contributed by atoms with Gasteiger partial charge in [0.2, 0.25) is 0 Å². The first-order valence-corrected chi connectivity index (χ1v) is 8.72. The topological polar surface area (TPSA) is 69.3 Å².